The number of aromatic nitrogens is 4. The van der Waals surface area contributed by atoms with Crippen molar-refractivity contribution in [2.45, 2.75) is 0 Å². The minimum Gasteiger partial charge on any atom is -0.499 e. The average Bonchev–Trinajstić information content (AvgIpc) is 2.83. The largest absolute Gasteiger partial charge is 1.00 e. The van der Waals surface area contributed by atoms with Crippen LogP contribution in [0.5, 0.6) is 5.75 Å². The number of aromatic hydroxyl groups is 1. The number of nitrogens with zero attached hydrogens (tertiary/aromatic N) is 5. The topological polar surface area (TPSA) is 169 Å². The average molecular weight is 278 g/mol. The van der Waals surface area contributed by atoms with E-state index in [1.54, 1.807) is 0 Å². The molecule has 0 amide bonds. The summed E-state index contributed by atoms with van der Waals surface area (Å²) in [5.74, 6) is -1.01. The van der Waals surface area contributed by atoms with Gasteiger partial charge in [-0.05, 0) is 9.81 Å². The van der Waals surface area contributed by atoms with E-state index >= 15 is 0 Å². The van der Waals surface area contributed by atoms with Crippen molar-refractivity contribution in [2.24, 2.45) is 0 Å². The maximum atomic E-state index is 11.3. The molecule has 0 radical (unpaired) electrons. The predicted molar refractivity (Wildman–Crippen MR) is 47.8 cm³/mol. The van der Waals surface area contributed by atoms with Gasteiger partial charge in [-0.1, -0.05) is 0 Å². The Kier molecular flexibility index (Phi) is 2.92. The number of phenols is 1. The van der Waals surface area contributed by atoms with Gasteiger partial charge >= 0.3 is 46.3 Å². The van der Waals surface area contributed by atoms with Crippen molar-refractivity contribution in [1.29, 1.82) is 0 Å². The SMILES string of the molecule is O=[N+]([O-])c1c(O)c2c(no[n+]2[O-])c2c1no[n+]2[O-].[Na+]. The van der Waals surface area contributed by atoms with Gasteiger partial charge < -0.3 is 15.5 Å². The van der Waals surface area contributed by atoms with Crippen LogP contribution in [-0.4, -0.2) is 20.3 Å². The van der Waals surface area contributed by atoms with Crippen LogP contribution in [0.4, 0.5) is 5.69 Å². The number of fused-ring (bicyclic) bond motifs is 3. The molecule has 12 nitrogen and oxygen atoms in total. The molecule has 0 fully saturated rings. The zero-order valence-electron chi connectivity index (χ0n) is 9.13. The molecule has 1 aromatic carbocycles. The van der Waals surface area contributed by atoms with Crippen LogP contribution in [0.25, 0.3) is 22.1 Å². The summed E-state index contributed by atoms with van der Waals surface area (Å²) in [5, 5.41) is 49.3. The van der Waals surface area contributed by atoms with Gasteiger partial charge in [0.15, 0.2) is 0 Å². The van der Waals surface area contributed by atoms with E-state index in [9.17, 15) is 25.6 Å². The fraction of sp³-hybridized carbons (Fsp3) is 0. The van der Waals surface area contributed by atoms with E-state index < -0.39 is 32.9 Å². The van der Waals surface area contributed by atoms with Crippen molar-refractivity contribution < 1.29 is 58.7 Å². The zero-order chi connectivity index (χ0) is 13.0. The van der Waals surface area contributed by atoms with Gasteiger partial charge in [0.1, 0.15) is 0 Å². The molecule has 0 unspecified atom stereocenters. The minimum atomic E-state index is -1.01. The molecule has 2 heterocycles. The van der Waals surface area contributed by atoms with E-state index in [-0.39, 0.29) is 44.9 Å². The van der Waals surface area contributed by atoms with Crippen molar-refractivity contribution in [3.05, 3.63) is 20.5 Å². The van der Waals surface area contributed by atoms with Gasteiger partial charge in [0.2, 0.25) is 0 Å². The van der Waals surface area contributed by atoms with Gasteiger partial charge in [0.25, 0.3) is 16.8 Å². The molecule has 2 aromatic heterocycles. The zero-order valence-corrected chi connectivity index (χ0v) is 11.1. The summed E-state index contributed by atoms with van der Waals surface area (Å²) >= 11 is 0. The molecular weight excluding hydrogens is 277 g/mol. The van der Waals surface area contributed by atoms with Crippen molar-refractivity contribution >= 4 is 27.8 Å². The van der Waals surface area contributed by atoms with Crippen molar-refractivity contribution in [3.8, 4) is 5.75 Å². The smallest absolute Gasteiger partial charge is 0.499 e. The van der Waals surface area contributed by atoms with Crippen LogP contribution in [0, 0.1) is 20.5 Å². The fourth-order valence-corrected chi connectivity index (χ4v) is 1.60. The van der Waals surface area contributed by atoms with Crippen molar-refractivity contribution in [3.63, 3.8) is 0 Å². The minimum absolute atomic E-state index is 0. The molecule has 0 aliphatic carbocycles. The summed E-state index contributed by atoms with van der Waals surface area (Å²) in [6, 6.07) is 0. The van der Waals surface area contributed by atoms with Crippen LogP contribution in [0.1, 0.15) is 0 Å². The molecule has 3 aromatic rings. The van der Waals surface area contributed by atoms with Crippen LogP contribution in [0.2, 0.25) is 0 Å². The Morgan fingerprint density at radius 1 is 1.11 bits per heavy atom. The Morgan fingerprint density at radius 3 is 2.21 bits per heavy atom. The van der Waals surface area contributed by atoms with Crippen LogP contribution >= 0.6 is 0 Å². The number of rotatable bonds is 1. The fourth-order valence-electron chi connectivity index (χ4n) is 1.60. The predicted octanol–water partition coefficient (Wildman–Crippen LogP) is -4.15. The summed E-state index contributed by atoms with van der Waals surface area (Å²) in [4.78, 5) is 9.37. The van der Waals surface area contributed by atoms with Gasteiger partial charge in [-0.3, -0.25) is 19.4 Å². The van der Waals surface area contributed by atoms with Crippen LogP contribution in [0.15, 0.2) is 9.26 Å². The number of nitro benzene ring substituents is 1. The van der Waals surface area contributed by atoms with Gasteiger partial charge in [-0.15, -0.1) is 0 Å². The summed E-state index contributed by atoms with van der Waals surface area (Å²) in [5.41, 5.74) is -2.99. The Labute approximate surface area is 123 Å². The number of benzene rings is 1. The number of hydrogen-bond donors (Lipinski definition) is 1. The van der Waals surface area contributed by atoms with Crippen LogP contribution < -0.4 is 39.4 Å². The third kappa shape index (κ3) is 1.57. The van der Waals surface area contributed by atoms with Crippen molar-refractivity contribution in [1.82, 2.24) is 10.3 Å². The molecular formula is C6HN5NaO7+. The second-order valence-electron chi connectivity index (χ2n) is 3.21. The maximum Gasteiger partial charge on any atom is 1.00 e. The molecule has 1 N–H and O–H groups in total. The third-order valence-electron chi connectivity index (χ3n) is 2.31. The van der Waals surface area contributed by atoms with Gasteiger partial charge in [0.05, 0.1) is 15.2 Å². The summed E-state index contributed by atoms with van der Waals surface area (Å²) in [6.07, 6.45) is 0. The first-order valence-electron chi connectivity index (χ1n) is 4.30. The summed E-state index contributed by atoms with van der Waals surface area (Å²) in [6.45, 7) is 0. The van der Waals surface area contributed by atoms with E-state index in [2.05, 4.69) is 19.6 Å². The monoisotopic (exact) mass is 278 g/mol. The first kappa shape index (κ1) is 13.3. The van der Waals surface area contributed by atoms with Gasteiger partial charge in [0, 0.05) is 0 Å². The van der Waals surface area contributed by atoms with Gasteiger partial charge in [-0.2, -0.15) is 0 Å². The second kappa shape index (κ2) is 4.18. The second-order valence-corrected chi connectivity index (χ2v) is 3.21. The molecule has 0 saturated heterocycles. The summed E-state index contributed by atoms with van der Waals surface area (Å²) < 4.78 is 8.35. The normalized spacial score (nSPS) is 10.7. The van der Waals surface area contributed by atoms with E-state index in [1.165, 1.54) is 0 Å². The molecule has 0 saturated carbocycles. The Balaban J connectivity index is 0.00000133. The quantitative estimate of drug-likeness (QED) is 0.201. The number of phenolic OH excluding ortho intramolecular Hbond substituents is 1. The van der Waals surface area contributed by atoms with E-state index in [0.29, 0.717) is 0 Å². The molecule has 0 atom stereocenters. The molecule has 0 bridgehead atoms. The molecule has 13 heteroatoms. The summed E-state index contributed by atoms with van der Waals surface area (Å²) in [7, 11) is 0. The van der Waals surface area contributed by atoms with E-state index in [0.717, 1.165) is 0 Å². The standard InChI is InChI=1S/C6HN5O7.Na/c12-6-4(9(13)14)1-3(10(15)17-7-1)2-5(6)11(16)18-8-2;/h12H;/q;+1. The first-order valence-corrected chi connectivity index (χ1v) is 4.30. The molecule has 0 aliphatic rings. The van der Waals surface area contributed by atoms with E-state index in [4.69, 9.17) is 0 Å². The Hall–Kier alpha value is -2.18. The number of hydrogen-bond acceptors (Lipinski definition) is 9. The molecule has 19 heavy (non-hydrogen) atoms. The van der Waals surface area contributed by atoms with Crippen LogP contribution in [-0.2, 0) is 0 Å². The van der Waals surface area contributed by atoms with Gasteiger partial charge in [-0.25, -0.2) is 0 Å². The molecule has 0 spiro atoms. The van der Waals surface area contributed by atoms with E-state index in [1.807, 2.05) is 0 Å². The maximum absolute atomic E-state index is 11.3. The Bertz CT molecular complexity index is 809. The number of nitro groups is 1. The third-order valence-corrected chi connectivity index (χ3v) is 2.31. The Morgan fingerprint density at radius 2 is 1.63 bits per heavy atom. The molecule has 3 rings (SSSR count). The van der Waals surface area contributed by atoms with Crippen LogP contribution in [0.3, 0.4) is 0 Å². The first-order chi connectivity index (χ1) is 8.52. The van der Waals surface area contributed by atoms with Crippen molar-refractivity contribution in [2.75, 3.05) is 0 Å². The molecule has 92 valence electrons. The molecule has 0 aliphatic heterocycles.